The Bertz CT molecular complexity index is 89.1. The van der Waals surface area contributed by atoms with Crippen LogP contribution < -0.4 is 0 Å². The zero-order valence-electron chi connectivity index (χ0n) is 5.38. The van der Waals surface area contributed by atoms with Gasteiger partial charge in [-0.25, -0.2) is 4.39 Å². The maximum Gasteiger partial charge on any atom is 0.113 e. The summed E-state index contributed by atoms with van der Waals surface area (Å²) in [6, 6.07) is 0. The van der Waals surface area contributed by atoms with Crippen LogP contribution in [0, 0.1) is 0 Å². The fourth-order valence-electron chi connectivity index (χ4n) is 1.00. The SMILES string of the molecule is CC1SC(CO)CC1F. The van der Waals surface area contributed by atoms with Crippen molar-refractivity contribution in [2.45, 2.75) is 30.0 Å². The van der Waals surface area contributed by atoms with Crippen molar-refractivity contribution in [3.8, 4) is 0 Å². The molecule has 1 heterocycles. The molecule has 1 N–H and O–H groups in total. The number of rotatable bonds is 1. The molecule has 1 aliphatic heterocycles. The van der Waals surface area contributed by atoms with Crippen LogP contribution in [0.4, 0.5) is 4.39 Å². The van der Waals surface area contributed by atoms with Crippen LogP contribution in [0.25, 0.3) is 0 Å². The second kappa shape index (κ2) is 2.88. The van der Waals surface area contributed by atoms with Crippen LogP contribution >= 0.6 is 11.8 Å². The molecule has 0 aromatic heterocycles. The summed E-state index contributed by atoms with van der Waals surface area (Å²) in [4.78, 5) is 0. The first kappa shape index (κ1) is 7.35. The summed E-state index contributed by atoms with van der Waals surface area (Å²) in [7, 11) is 0. The standard InChI is InChI=1S/C6H11FOS/c1-4-6(7)2-5(3-8)9-4/h4-6,8H,2-3H2,1H3. The van der Waals surface area contributed by atoms with Crippen molar-refractivity contribution in [3.05, 3.63) is 0 Å². The molecule has 0 bridgehead atoms. The van der Waals surface area contributed by atoms with E-state index in [9.17, 15) is 4.39 Å². The Morgan fingerprint density at radius 1 is 1.78 bits per heavy atom. The molecule has 3 atom stereocenters. The van der Waals surface area contributed by atoms with Crippen LogP contribution in [0.1, 0.15) is 13.3 Å². The third-order valence-electron chi connectivity index (χ3n) is 1.61. The second-order valence-electron chi connectivity index (χ2n) is 2.40. The first-order chi connectivity index (χ1) is 4.24. The minimum absolute atomic E-state index is 0.0853. The van der Waals surface area contributed by atoms with Crippen molar-refractivity contribution in [2.24, 2.45) is 0 Å². The van der Waals surface area contributed by atoms with Crippen molar-refractivity contribution in [1.82, 2.24) is 0 Å². The first-order valence-electron chi connectivity index (χ1n) is 3.14. The lowest BCUT2D eigenvalue weighted by molar-refractivity contribution is 0.264. The van der Waals surface area contributed by atoms with E-state index in [-0.39, 0.29) is 17.1 Å². The smallest absolute Gasteiger partial charge is 0.113 e. The van der Waals surface area contributed by atoms with Crippen LogP contribution in [0.15, 0.2) is 0 Å². The monoisotopic (exact) mass is 150 g/mol. The molecule has 1 fully saturated rings. The predicted octanol–water partition coefficient (Wildman–Crippen LogP) is 1.21. The van der Waals surface area contributed by atoms with Gasteiger partial charge < -0.3 is 5.11 Å². The molecule has 0 amide bonds. The number of thioether (sulfide) groups is 1. The van der Waals surface area contributed by atoms with E-state index >= 15 is 0 Å². The molecule has 0 radical (unpaired) electrons. The van der Waals surface area contributed by atoms with Crippen LogP contribution in [0.2, 0.25) is 0 Å². The highest BCUT2D eigenvalue weighted by Gasteiger charge is 2.30. The third-order valence-corrected chi connectivity index (χ3v) is 3.06. The summed E-state index contributed by atoms with van der Waals surface area (Å²) in [6.45, 7) is 1.99. The van der Waals surface area contributed by atoms with Crippen molar-refractivity contribution in [2.75, 3.05) is 6.61 Å². The van der Waals surface area contributed by atoms with Gasteiger partial charge in [-0.2, -0.15) is 0 Å². The topological polar surface area (TPSA) is 20.2 Å². The number of alkyl halides is 1. The van der Waals surface area contributed by atoms with Gasteiger partial charge in [-0.15, -0.1) is 11.8 Å². The Morgan fingerprint density at radius 3 is 2.67 bits per heavy atom. The van der Waals surface area contributed by atoms with Gasteiger partial charge in [0.2, 0.25) is 0 Å². The summed E-state index contributed by atoms with van der Waals surface area (Å²) in [5.41, 5.74) is 0. The summed E-state index contributed by atoms with van der Waals surface area (Å²) < 4.78 is 12.6. The van der Waals surface area contributed by atoms with Crippen LogP contribution in [-0.4, -0.2) is 28.4 Å². The van der Waals surface area contributed by atoms with Crippen LogP contribution in [0.5, 0.6) is 0 Å². The molecule has 0 aromatic rings. The van der Waals surface area contributed by atoms with Gasteiger partial charge in [0, 0.05) is 10.5 Å². The van der Waals surface area contributed by atoms with Crippen molar-refractivity contribution >= 4 is 11.8 Å². The number of halogens is 1. The highest BCUT2D eigenvalue weighted by Crippen LogP contribution is 2.34. The fourth-order valence-corrected chi connectivity index (χ4v) is 2.27. The summed E-state index contributed by atoms with van der Waals surface area (Å²) in [6.07, 6.45) is -0.172. The van der Waals surface area contributed by atoms with E-state index in [2.05, 4.69) is 0 Å². The molecule has 3 heteroatoms. The lowest BCUT2D eigenvalue weighted by Gasteiger charge is -2.01. The molecule has 1 rings (SSSR count). The van der Waals surface area contributed by atoms with E-state index in [0.717, 1.165) is 0 Å². The van der Waals surface area contributed by atoms with Gasteiger partial charge in [0.25, 0.3) is 0 Å². The second-order valence-corrected chi connectivity index (χ2v) is 4.08. The average Bonchev–Trinajstić information content (AvgIpc) is 2.13. The van der Waals surface area contributed by atoms with Crippen molar-refractivity contribution < 1.29 is 9.50 Å². The highest BCUT2D eigenvalue weighted by atomic mass is 32.2. The largest absolute Gasteiger partial charge is 0.395 e. The molecular formula is C6H11FOS. The number of aliphatic hydroxyl groups is 1. The Morgan fingerprint density at radius 2 is 2.44 bits per heavy atom. The van der Waals surface area contributed by atoms with E-state index in [1.54, 1.807) is 11.8 Å². The highest BCUT2D eigenvalue weighted by molar-refractivity contribution is 8.00. The molecule has 54 valence electrons. The normalized spacial score (nSPS) is 43.7. The number of hydrogen-bond donors (Lipinski definition) is 1. The van der Waals surface area contributed by atoms with Gasteiger partial charge in [0.05, 0.1) is 6.61 Å². The van der Waals surface area contributed by atoms with E-state index < -0.39 is 6.17 Å². The van der Waals surface area contributed by atoms with Crippen LogP contribution in [0.3, 0.4) is 0 Å². The predicted molar refractivity (Wildman–Crippen MR) is 37.4 cm³/mol. The van der Waals surface area contributed by atoms with E-state index in [4.69, 9.17) is 5.11 Å². The Hall–Kier alpha value is 0.240. The lowest BCUT2D eigenvalue weighted by Crippen LogP contribution is -2.07. The molecule has 1 aliphatic rings. The Balaban J connectivity index is 2.35. The summed E-state index contributed by atoms with van der Waals surface area (Å²) in [5, 5.41) is 8.85. The molecule has 9 heavy (non-hydrogen) atoms. The van der Waals surface area contributed by atoms with Gasteiger partial charge >= 0.3 is 0 Å². The first-order valence-corrected chi connectivity index (χ1v) is 4.08. The molecule has 1 saturated heterocycles. The van der Waals surface area contributed by atoms with E-state index in [0.29, 0.717) is 6.42 Å². The molecular weight excluding hydrogens is 139 g/mol. The summed E-state index contributed by atoms with van der Waals surface area (Å²) in [5.74, 6) is 0. The van der Waals surface area contributed by atoms with Gasteiger partial charge in [0.1, 0.15) is 6.17 Å². The van der Waals surface area contributed by atoms with Crippen LogP contribution in [-0.2, 0) is 0 Å². The van der Waals surface area contributed by atoms with Gasteiger partial charge in [0.15, 0.2) is 0 Å². The quantitative estimate of drug-likeness (QED) is 0.606. The Labute approximate surface area is 58.6 Å². The summed E-state index contributed by atoms with van der Waals surface area (Å²) >= 11 is 1.55. The van der Waals surface area contributed by atoms with Gasteiger partial charge in [-0.05, 0) is 6.42 Å². The fraction of sp³-hybridized carbons (Fsp3) is 1.00. The third kappa shape index (κ3) is 1.58. The molecule has 0 aliphatic carbocycles. The van der Waals surface area contributed by atoms with E-state index in [1.165, 1.54) is 0 Å². The zero-order valence-corrected chi connectivity index (χ0v) is 6.20. The van der Waals surface area contributed by atoms with E-state index in [1.807, 2.05) is 6.92 Å². The molecule has 0 saturated carbocycles. The molecule has 0 spiro atoms. The average molecular weight is 150 g/mol. The van der Waals surface area contributed by atoms with Gasteiger partial charge in [-0.1, -0.05) is 6.92 Å². The number of aliphatic hydroxyl groups excluding tert-OH is 1. The van der Waals surface area contributed by atoms with Gasteiger partial charge in [-0.3, -0.25) is 0 Å². The minimum Gasteiger partial charge on any atom is -0.395 e. The minimum atomic E-state index is -0.702. The van der Waals surface area contributed by atoms with Crippen molar-refractivity contribution in [3.63, 3.8) is 0 Å². The lowest BCUT2D eigenvalue weighted by atomic mass is 10.2. The molecule has 0 aromatic carbocycles. The maximum atomic E-state index is 12.6. The zero-order chi connectivity index (χ0) is 6.85. The number of hydrogen-bond acceptors (Lipinski definition) is 2. The molecule has 1 nitrogen and oxygen atoms in total. The Kier molecular flexibility index (Phi) is 2.35. The van der Waals surface area contributed by atoms with Crippen molar-refractivity contribution in [1.29, 1.82) is 0 Å². The molecule has 3 unspecified atom stereocenters. The maximum absolute atomic E-state index is 12.6.